The van der Waals surface area contributed by atoms with Crippen molar-refractivity contribution >= 4 is 31.1 Å². The molecule has 5 N–H and O–H groups in total. The third kappa shape index (κ3) is 3.96. The van der Waals surface area contributed by atoms with Crippen LogP contribution < -0.4 is 5.32 Å². The van der Waals surface area contributed by atoms with Crippen molar-refractivity contribution in [1.82, 2.24) is 10.2 Å². The van der Waals surface area contributed by atoms with E-state index in [0.717, 1.165) is 0 Å². The molecule has 120 valence electrons. The molecule has 2 fully saturated rings. The standard InChI is InChI=1S/C9H15N2O8PS/c12-5-1-2-11(9(21)10-5)8-7(14)6(13)4(19-8)3-18-20(15,16)17/h4,6-8,13-14H,1-3H2,(H,10,12,21)(H2,15,16,17). The molecule has 0 aromatic heterocycles. The molecule has 0 aliphatic carbocycles. The molecule has 2 heterocycles. The van der Waals surface area contributed by atoms with Crippen LogP contribution in [0.5, 0.6) is 0 Å². The van der Waals surface area contributed by atoms with Crippen LogP contribution in [0.25, 0.3) is 0 Å². The maximum absolute atomic E-state index is 11.2. The molecule has 0 bridgehead atoms. The summed E-state index contributed by atoms with van der Waals surface area (Å²) < 4.78 is 20.2. The Balaban J connectivity index is 2.01. The van der Waals surface area contributed by atoms with Crippen LogP contribution in [-0.2, 0) is 18.6 Å². The first kappa shape index (κ1) is 16.7. The van der Waals surface area contributed by atoms with Gasteiger partial charge in [0.1, 0.15) is 18.3 Å². The highest BCUT2D eigenvalue weighted by Crippen LogP contribution is 2.37. The summed E-state index contributed by atoms with van der Waals surface area (Å²) >= 11 is 4.96. The number of hydrogen-bond acceptors (Lipinski definition) is 7. The van der Waals surface area contributed by atoms with Gasteiger partial charge in [0.05, 0.1) is 6.61 Å². The normalized spacial score (nSPS) is 34.2. The maximum atomic E-state index is 11.2. The molecule has 0 aromatic rings. The fraction of sp³-hybridized carbons (Fsp3) is 0.778. The van der Waals surface area contributed by atoms with Crippen LogP contribution >= 0.6 is 20.0 Å². The molecule has 2 rings (SSSR count). The van der Waals surface area contributed by atoms with Gasteiger partial charge >= 0.3 is 7.82 Å². The molecular formula is C9H15N2O8PS. The van der Waals surface area contributed by atoms with E-state index in [1.807, 2.05) is 0 Å². The largest absolute Gasteiger partial charge is 0.469 e. The van der Waals surface area contributed by atoms with Gasteiger partial charge in [0.15, 0.2) is 11.3 Å². The lowest BCUT2D eigenvalue weighted by molar-refractivity contribution is -0.123. The summed E-state index contributed by atoms with van der Waals surface area (Å²) in [6.45, 7) is -0.392. The molecule has 12 heteroatoms. The lowest BCUT2D eigenvalue weighted by atomic mass is 10.1. The number of aliphatic hydroxyl groups excluding tert-OH is 2. The number of carbonyl (C=O) groups is 1. The Morgan fingerprint density at radius 1 is 1.43 bits per heavy atom. The SMILES string of the molecule is O=C1CCN(C2OC(COP(=O)(O)O)C(O)C2O)C(=S)N1. The predicted octanol–water partition coefficient (Wildman–Crippen LogP) is -2.35. The summed E-state index contributed by atoms with van der Waals surface area (Å²) in [6, 6.07) is 0. The number of amides is 1. The van der Waals surface area contributed by atoms with Crippen molar-refractivity contribution in [2.75, 3.05) is 13.2 Å². The Morgan fingerprint density at radius 3 is 2.67 bits per heavy atom. The van der Waals surface area contributed by atoms with E-state index >= 15 is 0 Å². The molecule has 0 spiro atoms. The second-order valence-electron chi connectivity index (χ2n) is 4.63. The van der Waals surface area contributed by atoms with Gasteiger partial charge in [-0.05, 0) is 12.2 Å². The lowest BCUT2D eigenvalue weighted by Gasteiger charge is -2.35. The molecule has 1 amide bonds. The fourth-order valence-electron chi connectivity index (χ4n) is 2.11. The number of phosphoric acid groups is 1. The highest BCUT2D eigenvalue weighted by molar-refractivity contribution is 7.80. The van der Waals surface area contributed by atoms with Crippen LogP contribution in [0.3, 0.4) is 0 Å². The number of nitrogens with one attached hydrogen (secondary N) is 1. The van der Waals surface area contributed by atoms with Crippen molar-refractivity contribution in [3.8, 4) is 0 Å². The van der Waals surface area contributed by atoms with E-state index in [2.05, 4.69) is 9.84 Å². The van der Waals surface area contributed by atoms with Gasteiger partial charge in [0.25, 0.3) is 0 Å². The Kier molecular flexibility index (Phi) is 4.96. The average Bonchev–Trinajstić information content (AvgIpc) is 2.64. The summed E-state index contributed by atoms with van der Waals surface area (Å²) in [5, 5.41) is 22.2. The topological polar surface area (TPSA) is 149 Å². The zero-order valence-electron chi connectivity index (χ0n) is 10.7. The molecular weight excluding hydrogens is 327 g/mol. The van der Waals surface area contributed by atoms with Gasteiger partial charge in [-0.3, -0.25) is 9.32 Å². The zero-order valence-corrected chi connectivity index (χ0v) is 12.4. The minimum atomic E-state index is -4.71. The molecule has 21 heavy (non-hydrogen) atoms. The second-order valence-corrected chi connectivity index (χ2v) is 6.26. The van der Waals surface area contributed by atoms with Gasteiger partial charge < -0.3 is 35.0 Å². The van der Waals surface area contributed by atoms with Crippen molar-refractivity contribution in [2.45, 2.75) is 31.0 Å². The monoisotopic (exact) mass is 342 g/mol. The van der Waals surface area contributed by atoms with Crippen LogP contribution in [0, 0.1) is 0 Å². The second kappa shape index (κ2) is 6.23. The summed E-state index contributed by atoms with van der Waals surface area (Å²) in [4.78, 5) is 29.8. The van der Waals surface area contributed by atoms with Crippen molar-refractivity contribution in [2.24, 2.45) is 0 Å². The Morgan fingerprint density at radius 2 is 2.10 bits per heavy atom. The van der Waals surface area contributed by atoms with Crippen molar-refractivity contribution < 1.29 is 38.6 Å². The predicted molar refractivity (Wildman–Crippen MR) is 70.7 cm³/mol. The minimum absolute atomic E-state index is 0.0547. The van der Waals surface area contributed by atoms with Crippen LogP contribution in [0.2, 0.25) is 0 Å². The lowest BCUT2D eigenvalue weighted by Crippen LogP contribution is -2.56. The van der Waals surface area contributed by atoms with Crippen LogP contribution in [0.1, 0.15) is 6.42 Å². The summed E-state index contributed by atoms with van der Waals surface area (Å²) in [5.74, 6) is -0.259. The van der Waals surface area contributed by atoms with E-state index in [4.69, 9.17) is 26.7 Å². The number of phosphoric ester groups is 1. The molecule has 2 aliphatic heterocycles. The molecule has 10 nitrogen and oxygen atoms in total. The molecule has 2 aliphatic rings. The van der Waals surface area contributed by atoms with Crippen molar-refractivity contribution in [3.63, 3.8) is 0 Å². The Labute approximate surface area is 124 Å². The number of thiocarbonyl (C=S) groups is 1. The van der Waals surface area contributed by atoms with E-state index in [-0.39, 0.29) is 24.0 Å². The van der Waals surface area contributed by atoms with Gasteiger partial charge in [0, 0.05) is 13.0 Å². The van der Waals surface area contributed by atoms with Crippen LogP contribution in [-0.4, -0.2) is 73.6 Å². The first-order valence-electron chi connectivity index (χ1n) is 6.01. The molecule has 0 aromatic carbocycles. The molecule has 2 saturated heterocycles. The minimum Gasteiger partial charge on any atom is -0.387 e. The first-order chi connectivity index (χ1) is 9.69. The van der Waals surface area contributed by atoms with E-state index in [1.54, 1.807) is 0 Å². The van der Waals surface area contributed by atoms with Gasteiger partial charge in [-0.2, -0.15) is 0 Å². The number of hydrogen-bond donors (Lipinski definition) is 5. The van der Waals surface area contributed by atoms with Gasteiger partial charge in [-0.15, -0.1) is 0 Å². The number of carbonyl (C=O) groups excluding carboxylic acids is 1. The third-order valence-electron chi connectivity index (χ3n) is 3.14. The summed E-state index contributed by atoms with van der Waals surface area (Å²) in [5.41, 5.74) is 0. The number of aliphatic hydroxyl groups is 2. The van der Waals surface area contributed by atoms with Gasteiger partial charge in [-0.1, -0.05) is 0 Å². The Hall–Kier alpha value is -0.650. The van der Waals surface area contributed by atoms with Crippen molar-refractivity contribution in [3.05, 3.63) is 0 Å². The first-order valence-corrected chi connectivity index (χ1v) is 7.95. The fourth-order valence-corrected chi connectivity index (χ4v) is 2.76. The number of rotatable bonds is 4. The quantitative estimate of drug-likeness (QED) is 0.278. The summed E-state index contributed by atoms with van der Waals surface area (Å²) in [6.07, 6.45) is -4.77. The summed E-state index contributed by atoms with van der Waals surface area (Å²) in [7, 11) is -4.71. The molecule has 4 atom stereocenters. The van der Waals surface area contributed by atoms with E-state index < -0.39 is 39.0 Å². The van der Waals surface area contributed by atoms with E-state index in [1.165, 1.54) is 4.90 Å². The highest BCUT2D eigenvalue weighted by Gasteiger charge is 2.47. The van der Waals surface area contributed by atoms with Crippen LogP contribution in [0.4, 0.5) is 0 Å². The highest BCUT2D eigenvalue weighted by atomic mass is 32.1. The third-order valence-corrected chi connectivity index (χ3v) is 3.96. The van der Waals surface area contributed by atoms with Crippen LogP contribution in [0.15, 0.2) is 0 Å². The average molecular weight is 342 g/mol. The maximum Gasteiger partial charge on any atom is 0.469 e. The number of ether oxygens (including phenoxy) is 1. The van der Waals surface area contributed by atoms with Crippen molar-refractivity contribution in [1.29, 1.82) is 0 Å². The molecule has 0 saturated carbocycles. The van der Waals surface area contributed by atoms with E-state index in [9.17, 15) is 19.6 Å². The molecule has 4 unspecified atom stereocenters. The van der Waals surface area contributed by atoms with Gasteiger partial charge in [-0.25, -0.2) is 4.57 Å². The molecule has 0 radical (unpaired) electrons. The zero-order chi connectivity index (χ0) is 15.8. The smallest absolute Gasteiger partial charge is 0.387 e. The Bertz CT molecular complexity index is 484. The number of nitrogens with zero attached hydrogens (tertiary/aromatic N) is 1. The van der Waals surface area contributed by atoms with Gasteiger partial charge in [0.2, 0.25) is 5.91 Å². The van der Waals surface area contributed by atoms with E-state index in [0.29, 0.717) is 0 Å².